The van der Waals surface area contributed by atoms with E-state index in [0.29, 0.717) is 34.4 Å². The van der Waals surface area contributed by atoms with Gasteiger partial charge in [0.25, 0.3) is 5.91 Å². The molecule has 0 spiro atoms. The van der Waals surface area contributed by atoms with Crippen molar-refractivity contribution in [3.05, 3.63) is 54.1 Å². The molecule has 0 aliphatic carbocycles. The lowest BCUT2D eigenvalue weighted by Crippen LogP contribution is -2.25. The Labute approximate surface area is 185 Å². The second kappa shape index (κ2) is 8.56. The topological polar surface area (TPSA) is 146 Å². The molecule has 4 rings (SSSR count). The van der Waals surface area contributed by atoms with Crippen molar-refractivity contribution in [1.29, 1.82) is 0 Å². The van der Waals surface area contributed by atoms with Crippen molar-refractivity contribution >= 4 is 43.9 Å². The van der Waals surface area contributed by atoms with Crippen molar-refractivity contribution in [2.24, 2.45) is 5.14 Å². The fourth-order valence-corrected chi connectivity index (χ4v) is 4.11. The number of hydrogen-bond acceptors (Lipinski definition) is 6. The molecule has 0 unspecified atom stereocenters. The van der Waals surface area contributed by atoms with Gasteiger partial charge >= 0.3 is 0 Å². The van der Waals surface area contributed by atoms with Gasteiger partial charge in [-0.25, -0.2) is 23.5 Å². The van der Waals surface area contributed by atoms with Gasteiger partial charge in [-0.05, 0) is 42.8 Å². The number of nitrogens with one attached hydrogen (secondary N) is 1. The van der Waals surface area contributed by atoms with Crippen LogP contribution in [0.15, 0.2) is 53.4 Å². The summed E-state index contributed by atoms with van der Waals surface area (Å²) in [7, 11) is -3.84. The minimum absolute atomic E-state index is 0.0262. The van der Waals surface area contributed by atoms with E-state index >= 15 is 0 Å². The number of nitrogens with zero attached hydrogens (tertiary/aromatic N) is 3. The van der Waals surface area contributed by atoms with Gasteiger partial charge in [0.2, 0.25) is 10.0 Å². The van der Waals surface area contributed by atoms with Gasteiger partial charge in [-0.1, -0.05) is 31.9 Å². The third-order valence-corrected chi connectivity index (χ3v) is 6.14. The van der Waals surface area contributed by atoms with Crippen LogP contribution in [0.4, 0.5) is 5.82 Å². The molecule has 0 saturated heterocycles. The Kier molecular flexibility index (Phi) is 5.81. The van der Waals surface area contributed by atoms with Crippen LogP contribution in [0.3, 0.4) is 0 Å². The van der Waals surface area contributed by atoms with E-state index in [2.05, 4.69) is 17.2 Å². The summed E-state index contributed by atoms with van der Waals surface area (Å²) in [6.45, 7) is 2.62. The molecule has 0 bridgehead atoms. The number of hydrogen-bond donors (Lipinski definition) is 3. The molecule has 5 N–H and O–H groups in total. The number of para-hydroxylation sites is 2. The maximum atomic E-state index is 13.0. The number of amides is 1. The number of sulfonamides is 1. The maximum absolute atomic E-state index is 13.0. The van der Waals surface area contributed by atoms with Gasteiger partial charge in [0.15, 0.2) is 5.65 Å². The predicted molar refractivity (Wildman–Crippen MR) is 124 cm³/mol. The Bertz CT molecular complexity index is 1410. The van der Waals surface area contributed by atoms with Gasteiger partial charge in [0.05, 0.1) is 15.9 Å². The van der Waals surface area contributed by atoms with E-state index in [1.807, 2.05) is 24.3 Å². The van der Waals surface area contributed by atoms with Gasteiger partial charge in [-0.3, -0.25) is 9.36 Å². The van der Waals surface area contributed by atoms with Crippen molar-refractivity contribution in [2.45, 2.75) is 31.1 Å². The number of fused-ring (bicyclic) bond motifs is 2. The first-order valence-electron chi connectivity index (χ1n) is 10.3. The first kappa shape index (κ1) is 21.7. The van der Waals surface area contributed by atoms with Crippen LogP contribution in [0.2, 0.25) is 0 Å². The molecule has 0 aliphatic heterocycles. The molecule has 10 heteroatoms. The quantitative estimate of drug-likeness (QED) is 0.368. The van der Waals surface area contributed by atoms with Crippen LogP contribution in [0, 0.1) is 0 Å². The number of rotatable bonds is 7. The number of anilines is 1. The molecule has 0 fully saturated rings. The van der Waals surface area contributed by atoms with Crippen LogP contribution >= 0.6 is 0 Å². The molecule has 0 saturated carbocycles. The van der Waals surface area contributed by atoms with Gasteiger partial charge in [-0.2, -0.15) is 0 Å². The number of benzene rings is 2. The summed E-state index contributed by atoms with van der Waals surface area (Å²) in [5.74, 6) is -0.153. The van der Waals surface area contributed by atoms with Gasteiger partial charge in [0.1, 0.15) is 16.9 Å². The van der Waals surface area contributed by atoms with Crippen molar-refractivity contribution < 1.29 is 13.2 Å². The summed E-state index contributed by atoms with van der Waals surface area (Å²) in [6, 6.07) is 13.2. The van der Waals surface area contributed by atoms with E-state index in [0.717, 1.165) is 19.3 Å². The fourth-order valence-electron chi connectivity index (χ4n) is 3.60. The zero-order valence-corrected chi connectivity index (χ0v) is 18.4. The van der Waals surface area contributed by atoms with Gasteiger partial charge in [0, 0.05) is 12.2 Å². The molecule has 0 aliphatic rings. The zero-order valence-electron chi connectivity index (χ0n) is 17.6. The lowest BCUT2D eigenvalue weighted by molar-refractivity contribution is 0.0955. The Morgan fingerprint density at radius 2 is 1.69 bits per heavy atom. The maximum Gasteiger partial charge on any atom is 0.257 e. The Balaban J connectivity index is 1.89. The molecule has 1 amide bonds. The van der Waals surface area contributed by atoms with Crippen LogP contribution < -0.4 is 16.2 Å². The third kappa shape index (κ3) is 4.02. The van der Waals surface area contributed by atoms with Crippen LogP contribution in [0.1, 0.15) is 36.5 Å². The summed E-state index contributed by atoms with van der Waals surface area (Å²) in [5.41, 5.74) is 9.30. The fraction of sp³-hybridized carbons (Fsp3) is 0.227. The lowest BCUT2D eigenvalue weighted by atomic mass is 10.2. The molecule has 32 heavy (non-hydrogen) atoms. The number of nitrogens with two attached hydrogens (primary N) is 2. The first-order chi connectivity index (χ1) is 15.3. The standard InChI is InChI=1S/C22H24N6O3S/c1-2-3-6-13-25-22(29)18-19-21(27-17-8-5-4-7-16(17)26-19)28(20(18)23)14-9-11-15(12-10-14)32(24,30)31/h4-5,7-12H,2-3,6,13,23H2,1H3,(H,25,29)(H2,24,30,31). The SMILES string of the molecule is CCCCCNC(=O)c1c(N)n(-c2ccc(S(N)(=O)=O)cc2)c2nc3ccccc3nc12. The average molecular weight is 453 g/mol. The van der Waals surface area contributed by atoms with Crippen LogP contribution in [0.5, 0.6) is 0 Å². The number of nitrogen functional groups attached to an aromatic ring is 1. The van der Waals surface area contributed by atoms with E-state index in [1.165, 1.54) is 12.1 Å². The smallest absolute Gasteiger partial charge is 0.257 e. The number of primary sulfonamides is 1. The highest BCUT2D eigenvalue weighted by Crippen LogP contribution is 2.31. The molecule has 0 radical (unpaired) electrons. The Morgan fingerprint density at radius 1 is 1.03 bits per heavy atom. The van der Waals surface area contributed by atoms with Crippen molar-refractivity contribution in [3.63, 3.8) is 0 Å². The average Bonchev–Trinajstić information content (AvgIpc) is 3.05. The van der Waals surface area contributed by atoms with Crippen LogP contribution in [0.25, 0.3) is 27.9 Å². The lowest BCUT2D eigenvalue weighted by Gasteiger charge is -2.09. The van der Waals surface area contributed by atoms with Crippen molar-refractivity contribution in [2.75, 3.05) is 12.3 Å². The molecule has 0 atom stereocenters. The highest BCUT2D eigenvalue weighted by molar-refractivity contribution is 7.89. The van der Waals surface area contributed by atoms with E-state index in [4.69, 9.17) is 15.9 Å². The number of unbranched alkanes of at least 4 members (excludes halogenated alkanes) is 2. The summed E-state index contributed by atoms with van der Waals surface area (Å²) in [5, 5.41) is 8.12. The third-order valence-electron chi connectivity index (χ3n) is 5.21. The van der Waals surface area contributed by atoms with Crippen LogP contribution in [-0.2, 0) is 10.0 Å². The molecule has 9 nitrogen and oxygen atoms in total. The zero-order chi connectivity index (χ0) is 22.9. The molecule has 4 aromatic rings. The molecular formula is C22H24N6O3S. The van der Waals surface area contributed by atoms with E-state index < -0.39 is 10.0 Å². The highest BCUT2D eigenvalue weighted by Gasteiger charge is 2.24. The van der Waals surface area contributed by atoms with Crippen molar-refractivity contribution in [3.8, 4) is 5.69 Å². The first-order valence-corrected chi connectivity index (χ1v) is 11.8. The molecule has 166 valence electrons. The van der Waals surface area contributed by atoms with Gasteiger partial charge in [-0.15, -0.1) is 0 Å². The Morgan fingerprint density at radius 3 is 2.31 bits per heavy atom. The molecule has 2 aromatic carbocycles. The van der Waals surface area contributed by atoms with Gasteiger partial charge < -0.3 is 11.1 Å². The minimum atomic E-state index is -3.84. The minimum Gasteiger partial charge on any atom is -0.384 e. The molecule has 2 aromatic heterocycles. The summed E-state index contributed by atoms with van der Waals surface area (Å²) in [6.07, 6.45) is 2.92. The van der Waals surface area contributed by atoms with Crippen LogP contribution in [-0.4, -0.2) is 35.4 Å². The predicted octanol–water partition coefficient (Wildman–Crippen LogP) is 2.72. The normalized spacial score (nSPS) is 11.8. The Hall–Kier alpha value is -3.50. The summed E-state index contributed by atoms with van der Waals surface area (Å²) in [4.78, 5) is 22.4. The number of carbonyl (C=O) groups excluding carboxylic acids is 1. The highest BCUT2D eigenvalue weighted by atomic mass is 32.2. The van der Waals surface area contributed by atoms with E-state index in [-0.39, 0.29) is 22.2 Å². The second-order valence-corrected chi connectivity index (χ2v) is 9.04. The second-order valence-electron chi connectivity index (χ2n) is 7.48. The summed E-state index contributed by atoms with van der Waals surface area (Å²) < 4.78 is 24.8. The largest absolute Gasteiger partial charge is 0.384 e. The number of carbonyl (C=O) groups is 1. The van der Waals surface area contributed by atoms with E-state index in [1.54, 1.807) is 16.7 Å². The number of aromatic nitrogens is 3. The molecular weight excluding hydrogens is 428 g/mol. The molecule has 2 heterocycles. The summed E-state index contributed by atoms with van der Waals surface area (Å²) >= 11 is 0. The van der Waals surface area contributed by atoms with E-state index in [9.17, 15) is 13.2 Å². The monoisotopic (exact) mass is 452 g/mol. The van der Waals surface area contributed by atoms with Crippen molar-refractivity contribution in [1.82, 2.24) is 19.9 Å².